The Morgan fingerprint density at radius 1 is 1.17 bits per heavy atom. The van der Waals surface area contributed by atoms with Crippen LogP contribution in [0.15, 0.2) is 65.8 Å². The van der Waals surface area contributed by atoms with Gasteiger partial charge in [0.05, 0.1) is 28.7 Å². The number of aromatic nitrogens is 2. The second kappa shape index (κ2) is 10.1. The molecule has 0 radical (unpaired) electrons. The second-order valence-corrected chi connectivity index (χ2v) is 9.48. The number of anilines is 1. The first-order valence-electron chi connectivity index (χ1n) is 8.62. The molecule has 1 heterocycles. The number of hydrogen-bond acceptors (Lipinski definition) is 5. The molecular formula is C20H16Br3N3O3S. The third kappa shape index (κ3) is 5.16. The Labute approximate surface area is 202 Å². The number of thioether (sulfide) groups is 1. The second-order valence-electron chi connectivity index (χ2n) is 6.09. The molecule has 0 spiro atoms. The van der Waals surface area contributed by atoms with Crippen molar-refractivity contribution in [2.45, 2.75) is 12.1 Å². The number of hydrogen-bond donors (Lipinski definition) is 1. The highest BCUT2D eigenvalue weighted by atomic mass is 79.9. The van der Waals surface area contributed by atoms with Crippen LogP contribution in [-0.2, 0) is 4.79 Å². The lowest BCUT2D eigenvalue weighted by atomic mass is 10.3. The molecule has 3 aromatic rings. The smallest absolute Gasteiger partial charge is 0.258 e. The highest BCUT2D eigenvalue weighted by Gasteiger charge is 2.17. The van der Waals surface area contributed by atoms with Crippen LogP contribution in [-0.4, -0.2) is 28.3 Å². The van der Waals surface area contributed by atoms with E-state index in [2.05, 4.69) is 58.1 Å². The van der Waals surface area contributed by atoms with E-state index in [4.69, 9.17) is 4.74 Å². The van der Waals surface area contributed by atoms with Crippen LogP contribution in [0.2, 0.25) is 0 Å². The van der Waals surface area contributed by atoms with Gasteiger partial charge in [0.1, 0.15) is 0 Å². The lowest BCUT2D eigenvalue weighted by Gasteiger charge is -2.15. The fraction of sp³-hybridized carbons (Fsp3) is 0.150. The number of nitrogens with zero attached hydrogens (tertiary/aromatic N) is 2. The van der Waals surface area contributed by atoms with Gasteiger partial charge in [-0.2, -0.15) is 0 Å². The SMILES string of the molecule is COc1c(NC(=O)CSc2nc(C)cc(=O)n2-c2ccccc2)cc(Br)c(Br)c1Br. The number of nitrogens with one attached hydrogen (secondary N) is 1. The molecular weight excluding hydrogens is 602 g/mol. The van der Waals surface area contributed by atoms with Gasteiger partial charge in [-0.15, -0.1) is 0 Å². The monoisotopic (exact) mass is 615 g/mol. The summed E-state index contributed by atoms with van der Waals surface area (Å²) in [6, 6.07) is 12.4. The minimum atomic E-state index is -0.255. The number of ether oxygens (including phenoxy) is 1. The zero-order chi connectivity index (χ0) is 21.8. The maximum Gasteiger partial charge on any atom is 0.258 e. The molecule has 2 aromatic carbocycles. The first-order chi connectivity index (χ1) is 14.3. The predicted molar refractivity (Wildman–Crippen MR) is 130 cm³/mol. The van der Waals surface area contributed by atoms with Crippen molar-refractivity contribution in [2.24, 2.45) is 0 Å². The molecule has 0 aliphatic carbocycles. The van der Waals surface area contributed by atoms with E-state index in [9.17, 15) is 9.59 Å². The molecule has 156 valence electrons. The van der Waals surface area contributed by atoms with E-state index >= 15 is 0 Å². The molecule has 0 atom stereocenters. The lowest BCUT2D eigenvalue weighted by molar-refractivity contribution is -0.113. The number of methoxy groups -OCH3 is 1. The number of carbonyl (C=O) groups is 1. The van der Waals surface area contributed by atoms with Gasteiger partial charge in [-0.25, -0.2) is 4.98 Å². The minimum absolute atomic E-state index is 0.0667. The van der Waals surface area contributed by atoms with Crippen LogP contribution >= 0.6 is 59.6 Å². The van der Waals surface area contributed by atoms with E-state index in [1.807, 2.05) is 30.3 Å². The molecule has 0 fully saturated rings. The average Bonchev–Trinajstić information content (AvgIpc) is 2.71. The van der Waals surface area contributed by atoms with Crippen molar-refractivity contribution in [3.8, 4) is 11.4 Å². The third-order valence-electron chi connectivity index (χ3n) is 3.96. The zero-order valence-electron chi connectivity index (χ0n) is 15.9. The largest absolute Gasteiger partial charge is 0.493 e. The van der Waals surface area contributed by atoms with Gasteiger partial charge in [0.15, 0.2) is 10.9 Å². The summed E-state index contributed by atoms with van der Waals surface area (Å²) in [5, 5.41) is 3.30. The fourth-order valence-corrected chi connectivity index (χ4v) is 5.11. The van der Waals surface area contributed by atoms with E-state index in [0.717, 1.165) is 8.95 Å². The summed E-state index contributed by atoms with van der Waals surface area (Å²) in [5.41, 5.74) is 1.61. The van der Waals surface area contributed by atoms with E-state index in [1.165, 1.54) is 29.5 Å². The van der Waals surface area contributed by atoms with E-state index in [1.54, 1.807) is 13.0 Å². The normalized spacial score (nSPS) is 10.7. The Kier molecular flexibility index (Phi) is 7.78. The quantitative estimate of drug-likeness (QED) is 0.223. The highest BCUT2D eigenvalue weighted by Crippen LogP contribution is 2.43. The number of amides is 1. The molecule has 0 unspecified atom stereocenters. The summed E-state index contributed by atoms with van der Waals surface area (Å²) in [7, 11) is 1.53. The number of rotatable bonds is 6. The van der Waals surface area contributed by atoms with Gasteiger partial charge >= 0.3 is 0 Å². The molecule has 0 aliphatic rings. The molecule has 30 heavy (non-hydrogen) atoms. The van der Waals surface area contributed by atoms with Gasteiger partial charge in [0.2, 0.25) is 5.91 Å². The van der Waals surface area contributed by atoms with Crippen molar-refractivity contribution in [1.29, 1.82) is 0 Å². The Morgan fingerprint density at radius 3 is 2.53 bits per heavy atom. The summed E-state index contributed by atoms with van der Waals surface area (Å²) >= 11 is 11.5. The predicted octanol–water partition coefficient (Wildman–Crippen LogP) is 5.57. The van der Waals surface area contributed by atoms with Crippen LogP contribution in [0.1, 0.15) is 5.69 Å². The minimum Gasteiger partial charge on any atom is -0.493 e. The van der Waals surface area contributed by atoms with Crippen molar-refractivity contribution >= 4 is 71.1 Å². The average molecular weight is 618 g/mol. The summed E-state index contributed by atoms with van der Waals surface area (Å²) in [6.45, 7) is 1.75. The Bertz CT molecular complexity index is 1150. The highest BCUT2D eigenvalue weighted by molar-refractivity contribution is 9.14. The van der Waals surface area contributed by atoms with Gasteiger partial charge < -0.3 is 10.1 Å². The Morgan fingerprint density at radius 2 is 1.87 bits per heavy atom. The zero-order valence-corrected chi connectivity index (χ0v) is 21.5. The van der Waals surface area contributed by atoms with E-state index < -0.39 is 0 Å². The van der Waals surface area contributed by atoms with Crippen LogP contribution < -0.4 is 15.6 Å². The molecule has 0 saturated heterocycles. The van der Waals surface area contributed by atoms with Gasteiger partial charge in [-0.05, 0) is 72.9 Å². The summed E-state index contributed by atoms with van der Waals surface area (Å²) in [5.74, 6) is 0.310. The first kappa shape index (κ1) is 23.1. The molecule has 1 aromatic heterocycles. The number of carbonyl (C=O) groups excluding carboxylic acids is 1. The summed E-state index contributed by atoms with van der Waals surface area (Å²) < 4.78 is 9.13. The molecule has 0 saturated carbocycles. The number of benzene rings is 2. The van der Waals surface area contributed by atoms with Gasteiger partial charge in [0, 0.05) is 20.7 Å². The van der Waals surface area contributed by atoms with Crippen molar-refractivity contribution in [1.82, 2.24) is 9.55 Å². The van der Waals surface area contributed by atoms with Gasteiger partial charge in [-0.1, -0.05) is 30.0 Å². The van der Waals surface area contributed by atoms with Crippen LogP contribution in [0.5, 0.6) is 5.75 Å². The maximum atomic E-state index is 12.6. The Balaban J connectivity index is 1.84. The molecule has 3 rings (SSSR count). The van der Waals surface area contributed by atoms with E-state index in [0.29, 0.717) is 32.4 Å². The number of para-hydroxylation sites is 1. The Hall–Kier alpha value is -1.62. The molecule has 0 bridgehead atoms. The first-order valence-corrected chi connectivity index (χ1v) is 12.0. The van der Waals surface area contributed by atoms with Crippen molar-refractivity contribution in [3.05, 3.63) is 71.9 Å². The number of halogens is 3. The van der Waals surface area contributed by atoms with Crippen molar-refractivity contribution < 1.29 is 9.53 Å². The summed E-state index contributed by atoms with van der Waals surface area (Å²) in [4.78, 5) is 29.7. The van der Waals surface area contributed by atoms with Crippen molar-refractivity contribution in [3.63, 3.8) is 0 Å². The molecule has 1 amide bonds. The standard InChI is InChI=1S/C20H16Br3N3O3S/c1-11-8-16(28)26(12-6-4-3-5-7-12)20(24-11)30-10-15(27)25-14-9-13(21)17(22)18(23)19(14)29-2/h3-9H,10H2,1-2H3,(H,25,27). The fourth-order valence-electron chi connectivity index (χ4n) is 2.67. The van der Waals surface area contributed by atoms with Crippen LogP contribution in [0.4, 0.5) is 5.69 Å². The van der Waals surface area contributed by atoms with E-state index in [-0.39, 0.29) is 17.2 Å². The lowest BCUT2D eigenvalue weighted by Crippen LogP contribution is -2.22. The maximum absolute atomic E-state index is 12.6. The molecule has 6 nitrogen and oxygen atoms in total. The summed E-state index contributed by atoms with van der Waals surface area (Å²) in [6.07, 6.45) is 0. The molecule has 1 N–H and O–H groups in total. The van der Waals surface area contributed by atoms with Gasteiger partial charge in [0.25, 0.3) is 5.56 Å². The van der Waals surface area contributed by atoms with Crippen LogP contribution in [0.3, 0.4) is 0 Å². The molecule has 0 aliphatic heterocycles. The third-order valence-corrected chi connectivity index (χ3v) is 8.17. The topological polar surface area (TPSA) is 73.2 Å². The van der Waals surface area contributed by atoms with Crippen LogP contribution in [0.25, 0.3) is 5.69 Å². The number of aryl methyl sites for hydroxylation is 1. The van der Waals surface area contributed by atoms with Gasteiger partial charge in [-0.3, -0.25) is 14.2 Å². The van der Waals surface area contributed by atoms with Crippen molar-refractivity contribution in [2.75, 3.05) is 18.2 Å². The van der Waals surface area contributed by atoms with Crippen LogP contribution in [0, 0.1) is 6.92 Å². The molecule has 10 heteroatoms.